The van der Waals surface area contributed by atoms with Crippen LogP contribution in [0, 0.1) is 0 Å². The number of benzene rings is 2. The van der Waals surface area contributed by atoms with Crippen LogP contribution in [-0.2, 0) is 16.1 Å². The molecule has 0 saturated carbocycles. The minimum absolute atomic E-state index is 0.224. The zero-order valence-electron chi connectivity index (χ0n) is 14.4. The van der Waals surface area contributed by atoms with E-state index in [0.29, 0.717) is 13.0 Å². The minimum atomic E-state index is -0.661. The van der Waals surface area contributed by atoms with Crippen molar-refractivity contribution in [2.45, 2.75) is 32.4 Å². The van der Waals surface area contributed by atoms with E-state index in [4.69, 9.17) is 4.74 Å². The second-order valence-electron chi connectivity index (χ2n) is 6.11. The molecule has 1 N–H and O–H groups in total. The fourth-order valence-electron chi connectivity index (χ4n) is 3.00. The summed E-state index contributed by atoms with van der Waals surface area (Å²) in [6.45, 7) is 2.97. The first-order valence-electron chi connectivity index (χ1n) is 8.64. The highest BCUT2D eigenvalue weighted by Gasteiger charge is 2.12. The van der Waals surface area contributed by atoms with Crippen LogP contribution in [0.1, 0.15) is 37.0 Å². The summed E-state index contributed by atoms with van der Waals surface area (Å²) in [5.74, 6) is -0.267. The molecule has 0 aliphatic carbocycles. The normalized spacial score (nSPS) is 12.2. The molecule has 0 aliphatic heterocycles. The fourth-order valence-corrected chi connectivity index (χ4v) is 3.00. The number of carbonyl (C=O) groups excluding carboxylic acids is 1. The number of carbonyl (C=O) groups is 1. The summed E-state index contributed by atoms with van der Waals surface area (Å²) in [5, 5.41) is 11.4. The number of esters is 1. The molecule has 0 amide bonds. The molecule has 1 heterocycles. The highest BCUT2D eigenvalue weighted by atomic mass is 16.5. The summed E-state index contributed by atoms with van der Waals surface area (Å²) < 4.78 is 7.10. The Morgan fingerprint density at radius 1 is 1.16 bits per heavy atom. The monoisotopic (exact) mass is 337 g/mol. The van der Waals surface area contributed by atoms with Gasteiger partial charge in [-0.3, -0.25) is 4.79 Å². The van der Waals surface area contributed by atoms with Gasteiger partial charge in [-0.25, -0.2) is 0 Å². The summed E-state index contributed by atoms with van der Waals surface area (Å²) in [6, 6.07) is 18.3. The Kier molecular flexibility index (Phi) is 5.51. The average molecular weight is 337 g/mol. The van der Waals surface area contributed by atoms with E-state index in [1.54, 1.807) is 6.92 Å². The van der Waals surface area contributed by atoms with E-state index < -0.39 is 6.10 Å². The van der Waals surface area contributed by atoms with Gasteiger partial charge in [0.15, 0.2) is 0 Å². The summed E-state index contributed by atoms with van der Waals surface area (Å²) in [4.78, 5) is 11.4. The second-order valence-corrected chi connectivity index (χ2v) is 6.11. The summed E-state index contributed by atoms with van der Waals surface area (Å²) in [6.07, 6.45) is 2.00. The molecule has 0 saturated heterocycles. The van der Waals surface area contributed by atoms with Crippen molar-refractivity contribution in [2.75, 3.05) is 6.61 Å². The van der Waals surface area contributed by atoms with Gasteiger partial charge in [-0.1, -0.05) is 36.4 Å². The quantitative estimate of drug-likeness (QED) is 0.661. The zero-order valence-corrected chi connectivity index (χ0v) is 14.4. The molecule has 4 nitrogen and oxygen atoms in total. The smallest absolute Gasteiger partial charge is 0.305 e. The maximum absolute atomic E-state index is 11.4. The Labute approximate surface area is 147 Å². The Hall–Kier alpha value is -2.59. The first kappa shape index (κ1) is 17.2. The predicted octanol–water partition coefficient (Wildman–Crippen LogP) is 4.07. The van der Waals surface area contributed by atoms with Crippen LogP contribution in [0.3, 0.4) is 0 Å². The molecule has 3 rings (SSSR count). The van der Waals surface area contributed by atoms with Gasteiger partial charge in [0.05, 0.1) is 12.7 Å². The predicted molar refractivity (Wildman–Crippen MR) is 98.3 cm³/mol. The Balaban J connectivity index is 1.72. The number of rotatable bonds is 7. The van der Waals surface area contributed by atoms with Crippen LogP contribution >= 0.6 is 0 Å². The van der Waals surface area contributed by atoms with Gasteiger partial charge in [-0.2, -0.15) is 0 Å². The number of aliphatic hydroxyl groups is 1. The fraction of sp³-hybridized carbons (Fsp3) is 0.286. The summed E-state index contributed by atoms with van der Waals surface area (Å²) in [5.41, 5.74) is 3.21. The van der Waals surface area contributed by atoms with E-state index in [9.17, 15) is 9.90 Å². The molecule has 1 unspecified atom stereocenters. The molecule has 0 radical (unpaired) electrons. The summed E-state index contributed by atoms with van der Waals surface area (Å²) in [7, 11) is 0. The lowest BCUT2D eigenvalue weighted by molar-refractivity contribution is -0.143. The van der Waals surface area contributed by atoms with Crippen LogP contribution in [-0.4, -0.2) is 22.2 Å². The van der Waals surface area contributed by atoms with Gasteiger partial charge in [0.25, 0.3) is 0 Å². The van der Waals surface area contributed by atoms with Gasteiger partial charge >= 0.3 is 5.97 Å². The van der Waals surface area contributed by atoms with E-state index in [2.05, 4.69) is 29.0 Å². The first-order valence-corrected chi connectivity index (χ1v) is 8.64. The largest absolute Gasteiger partial charge is 0.466 e. The molecule has 25 heavy (non-hydrogen) atoms. The van der Waals surface area contributed by atoms with Gasteiger partial charge in [0, 0.05) is 24.7 Å². The Morgan fingerprint density at radius 3 is 2.72 bits per heavy atom. The Morgan fingerprint density at radius 2 is 1.96 bits per heavy atom. The average Bonchev–Trinajstić information content (AvgIpc) is 3.03. The zero-order chi connectivity index (χ0) is 17.6. The van der Waals surface area contributed by atoms with Crippen molar-refractivity contribution in [1.29, 1.82) is 0 Å². The van der Waals surface area contributed by atoms with Crippen LogP contribution < -0.4 is 0 Å². The van der Waals surface area contributed by atoms with Crippen LogP contribution in [0.2, 0.25) is 0 Å². The second kappa shape index (κ2) is 7.99. The van der Waals surface area contributed by atoms with Gasteiger partial charge in [-0.05, 0) is 48.1 Å². The van der Waals surface area contributed by atoms with E-state index in [0.717, 1.165) is 23.0 Å². The van der Waals surface area contributed by atoms with Crippen molar-refractivity contribution < 1.29 is 14.6 Å². The molecule has 0 bridgehead atoms. The molecular weight excluding hydrogens is 314 g/mol. The lowest BCUT2D eigenvalue weighted by atomic mass is 10.0. The van der Waals surface area contributed by atoms with E-state index in [-0.39, 0.29) is 12.4 Å². The van der Waals surface area contributed by atoms with Gasteiger partial charge in [0.2, 0.25) is 0 Å². The van der Waals surface area contributed by atoms with Crippen molar-refractivity contribution in [3.63, 3.8) is 0 Å². The first-order chi connectivity index (χ1) is 12.2. The van der Waals surface area contributed by atoms with Crippen molar-refractivity contribution >= 4 is 16.9 Å². The van der Waals surface area contributed by atoms with Crippen molar-refractivity contribution in [3.8, 4) is 0 Å². The number of fused-ring (bicyclic) bond motifs is 1. The third kappa shape index (κ3) is 4.28. The third-order valence-electron chi connectivity index (χ3n) is 4.30. The van der Waals surface area contributed by atoms with E-state index in [1.807, 2.05) is 36.4 Å². The van der Waals surface area contributed by atoms with Gasteiger partial charge < -0.3 is 14.4 Å². The van der Waals surface area contributed by atoms with Crippen LogP contribution in [0.4, 0.5) is 0 Å². The molecule has 0 aliphatic rings. The molecule has 130 valence electrons. The Bertz CT molecular complexity index is 839. The van der Waals surface area contributed by atoms with Crippen LogP contribution in [0.5, 0.6) is 0 Å². The van der Waals surface area contributed by atoms with Crippen molar-refractivity contribution in [3.05, 3.63) is 71.9 Å². The van der Waals surface area contributed by atoms with Crippen molar-refractivity contribution in [2.24, 2.45) is 0 Å². The van der Waals surface area contributed by atoms with Gasteiger partial charge in [-0.15, -0.1) is 0 Å². The molecule has 1 atom stereocenters. The van der Waals surface area contributed by atoms with Crippen LogP contribution in [0.15, 0.2) is 60.8 Å². The lowest BCUT2D eigenvalue weighted by Gasteiger charge is -2.11. The molecule has 3 aromatic rings. The van der Waals surface area contributed by atoms with E-state index >= 15 is 0 Å². The van der Waals surface area contributed by atoms with Crippen LogP contribution in [0.25, 0.3) is 10.9 Å². The SMILES string of the molecule is CCOC(=O)CCC(O)c1ccc2c(ccn2Cc2ccccc2)c1. The molecule has 0 spiro atoms. The number of nitrogens with zero attached hydrogens (tertiary/aromatic N) is 1. The minimum Gasteiger partial charge on any atom is -0.466 e. The molecule has 2 aromatic carbocycles. The number of hydrogen-bond donors (Lipinski definition) is 1. The molecule has 0 fully saturated rings. The highest BCUT2D eigenvalue weighted by molar-refractivity contribution is 5.81. The molecule has 1 aromatic heterocycles. The standard InChI is InChI=1S/C21H23NO3/c1-2-25-21(24)11-10-20(23)18-8-9-19-17(14-18)12-13-22(19)15-16-6-4-3-5-7-16/h3-9,12-14,20,23H,2,10-11,15H2,1H3. The number of hydrogen-bond acceptors (Lipinski definition) is 3. The third-order valence-corrected chi connectivity index (χ3v) is 4.30. The van der Waals surface area contributed by atoms with Crippen molar-refractivity contribution in [1.82, 2.24) is 4.57 Å². The maximum Gasteiger partial charge on any atom is 0.305 e. The maximum atomic E-state index is 11.4. The molecule has 4 heteroatoms. The molecular formula is C21H23NO3. The summed E-state index contributed by atoms with van der Waals surface area (Å²) >= 11 is 0. The van der Waals surface area contributed by atoms with Gasteiger partial charge in [0.1, 0.15) is 0 Å². The number of ether oxygens (including phenoxy) is 1. The highest BCUT2D eigenvalue weighted by Crippen LogP contribution is 2.25. The number of aliphatic hydroxyl groups excluding tert-OH is 1. The van der Waals surface area contributed by atoms with E-state index in [1.165, 1.54) is 5.56 Å². The topological polar surface area (TPSA) is 51.5 Å². The lowest BCUT2D eigenvalue weighted by Crippen LogP contribution is -2.07. The number of aromatic nitrogens is 1.